The molecule has 0 fully saturated rings. The molecule has 0 saturated carbocycles. The number of nitrogens with two attached hydrogens (primary N) is 2. The standard InChI is InChI=1S/C18H12N6O6/c19-15(25)13-9-5-1-3-7-11(9)23(21-13)29-17(27)18(28)30-24-12-8-4-2-6-10(12)14(22-24)16(20)26/h1-8H,(H2,19,25)(H2,20,26). The van der Waals surface area contributed by atoms with Crippen LogP contribution in [0.1, 0.15) is 21.0 Å². The third-order valence-electron chi connectivity index (χ3n) is 4.08. The van der Waals surface area contributed by atoms with E-state index in [1.165, 1.54) is 12.1 Å². The van der Waals surface area contributed by atoms with Gasteiger partial charge in [-0.15, -0.1) is 10.2 Å². The van der Waals surface area contributed by atoms with E-state index in [2.05, 4.69) is 10.2 Å². The second-order valence-corrected chi connectivity index (χ2v) is 5.96. The van der Waals surface area contributed by atoms with E-state index < -0.39 is 23.8 Å². The highest BCUT2D eigenvalue weighted by molar-refractivity contribution is 6.30. The number of carbonyl (C=O) groups is 4. The van der Waals surface area contributed by atoms with Gasteiger partial charge in [0.2, 0.25) is 0 Å². The molecule has 2 heterocycles. The Kier molecular flexibility index (Phi) is 4.35. The van der Waals surface area contributed by atoms with E-state index in [0.717, 1.165) is 0 Å². The fourth-order valence-corrected chi connectivity index (χ4v) is 2.81. The van der Waals surface area contributed by atoms with Gasteiger partial charge < -0.3 is 21.1 Å². The summed E-state index contributed by atoms with van der Waals surface area (Å²) in [7, 11) is 0. The van der Waals surface area contributed by atoms with Gasteiger partial charge in [-0.1, -0.05) is 46.1 Å². The Bertz CT molecular complexity index is 1250. The molecule has 0 unspecified atom stereocenters. The smallest absolute Gasteiger partial charge is 0.364 e. The first-order valence-corrected chi connectivity index (χ1v) is 8.37. The van der Waals surface area contributed by atoms with Gasteiger partial charge in [-0.3, -0.25) is 9.59 Å². The Hall–Kier alpha value is -4.74. The van der Waals surface area contributed by atoms with Crippen LogP contribution in [0, 0.1) is 0 Å². The Morgan fingerprint density at radius 3 is 1.40 bits per heavy atom. The Labute approximate surface area is 166 Å². The number of fused-ring (bicyclic) bond motifs is 2. The van der Waals surface area contributed by atoms with E-state index in [-0.39, 0.29) is 22.4 Å². The van der Waals surface area contributed by atoms with Crippen LogP contribution in [0.5, 0.6) is 0 Å². The zero-order chi connectivity index (χ0) is 21.4. The number of para-hydroxylation sites is 2. The lowest BCUT2D eigenvalue weighted by molar-refractivity contribution is -0.169. The molecule has 0 aliphatic rings. The number of hydrogen-bond acceptors (Lipinski definition) is 8. The van der Waals surface area contributed by atoms with Gasteiger partial charge in [0.1, 0.15) is 11.0 Å². The predicted octanol–water partition coefficient (Wildman–Crippen LogP) is -0.806. The summed E-state index contributed by atoms with van der Waals surface area (Å²) < 4.78 is 0. The minimum absolute atomic E-state index is 0.143. The summed E-state index contributed by atoms with van der Waals surface area (Å²) >= 11 is 0. The molecular formula is C18H12N6O6. The van der Waals surface area contributed by atoms with Gasteiger partial charge in [-0.2, -0.15) is 0 Å². The molecule has 4 aromatic rings. The molecule has 30 heavy (non-hydrogen) atoms. The SMILES string of the molecule is NC(=O)c1nn(OC(=O)C(=O)On2nc(C(N)=O)c3ccccc32)c2ccccc12. The molecule has 12 heteroatoms. The van der Waals surface area contributed by atoms with Crippen molar-refractivity contribution < 1.29 is 28.9 Å². The molecule has 0 atom stereocenters. The highest BCUT2D eigenvalue weighted by atomic mass is 16.8. The summed E-state index contributed by atoms with van der Waals surface area (Å²) in [6, 6.07) is 12.6. The second kappa shape index (κ2) is 7.01. The van der Waals surface area contributed by atoms with Gasteiger partial charge in [-0.25, -0.2) is 9.59 Å². The zero-order valence-electron chi connectivity index (χ0n) is 15.0. The van der Waals surface area contributed by atoms with Crippen molar-refractivity contribution in [2.75, 3.05) is 0 Å². The quantitative estimate of drug-likeness (QED) is 0.412. The molecule has 0 spiro atoms. The van der Waals surface area contributed by atoms with Crippen LogP contribution in [0.25, 0.3) is 21.8 Å². The summed E-state index contributed by atoms with van der Waals surface area (Å²) in [6.45, 7) is 0. The highest BCUT2D eigenvalue weighted by Gasteiger charge is 2.25. The van der Waals surface area contributed by atoms with E-state index in [0.29, 0.717) is 20.5 Å². The Morgan fingerprint density at radius 2 is 1.03 bits per heavy atom. The maximum Gasteiger partial charge on any atom is 0.445 e. The molecule has 0 aliphatic heterocycles. The van der Waals surface area contributed by atoms with Crippen LogP contribution < -0.4 is 21.1 Å². The van der Waals surface area contributed by atoms with Crippen LogP contribution in [0.3, 0.4) is 0 Å². The lowest BCUT2D eigenvalue weighted by Crippen LogP contribution is -2.35. The summed E-state index contributed by atoms with van der Waals surface area (Å²) in [5.41, 5.74) is 10.7. The molecule has 0 saturated heterocycles. The van der Waals surface area contributed by atoms with Crippen LogP contribution >= 0.6 is 0 Å². The van der Waals surface area contributed by atoms with Crippen LogP contribution in [-0.4, -0.2) is 43.6 Å². The second-order valence-electron chi connectivity index (χ2n) is 5.96. The third-order valence-corrected chi connectivity index (χ3v) is 4.08. The molecule has 0 radical (unpaired) electrons. The Balaban J connectivity index is 1.61. The molecule has 2 amide bonds. The zero-order valence-corrected chi connectivity index (χ0v) is 15.0. The largest absolute Gasteiger partial charge is 0.445 e. The number of carbonyl (C=O) groups excluding carboxylic acids is 4. The van der Waals surface area contributed by atoms with E-state index in [9.17, 15) is 19.2 Å². The molecule has 0 bridgehead atoms. The maximum atomic E-state index is 12.2. The van der Waals surface area contributed by atoms with Gasteiger partial charge in [0.25, 0.3) is 11.8 Å². The van der Waals surface area contributed by atoms with E-state index in [1.54, 1.807) is 36.4 Å². The number of amides is 2. The lowest BCUT2D eigenvalue weighted by Gasteiger charge is -2.05. The number of aromatic nitrogens is 4. The summed E-state index contributed by atoms with van der Waals surface area (Å²) in [6.07, 6.45) is 0. The van der Waals surface area contributed by atoms with Crippen molar-refractivity contribution in [1.82, 2.24) is 19.9 Å². The fourth-order valence-electron chi connectivity index (χ4n) is 2.81. The van der Waals surface area contributed by atoms with E-state index >= 15 is 0 Å². The van der Waals surface area contributed by atoms with Crippen LogP contribution in [0.2, 0.25) is 0 Å². The van der Waals surface area contributed by atoms with Crippen molar-refractivity contribution in [3.05, 3.63) is 59.9 Å². The van der Waals surface area contributed by atoms with Gasteiger partial charge in [0.05, 0.1) is 0 Å². The van der Waals surface area contributed by atoms with E-state index in [1.807, 2.05) is 0 Å². The van der Waals surface area contributed by atoms with Crippen molar-refractivity contribution >= 4 is 45.6 Å². The fraction of sp³-hybridized carbons (Fsp3) is 0. The minimum Gasteiger partial charge on any atom is -0.364 e. The van der Waals surface area contributed by atoms with Gasteiger partial charge in [0, 0.05) is 10.8 Å². The average molecular weight is 408 g/mol. The lowest BCUT2D eigenvalue weighted by atomic mass is 10.2. The Morgan fingerprint density at radius 1 is 0.667 bits per heavy atom. The van der Waals surface area contributed by atoms with Gasteiger partial charge >= 0.3 is 11.9 Å². The van der Waals surface area contributed by atoms with Crippen LogP contribution in [-0.2, 0) is 9.59 Å². The first-order valence-electron chi connectivity index (χ1n) is 8.37. The van der Waals surface area contributed by atoms with Crippen molar-refractivity contribution in [2.45, 2.75) is 0 Å². The number of primary amides is 2. The molecule has 0 aliphatic carbocycles. The van der Waals surface area contributed by atoms with Crippen LogP contribution in [0.15, 0.2) is 48.5 Å². The monoisotopic (exact) mass is 408 g/mol. The molecule has 12 nitrogen and oxygen atoms in total. The maximum absolute atomic E-state index is 12.2. The topological polar surface area (TPSA) is 174 Å². The molecule has 2 aromatic heterocycles. The third kappa shape index (κ3) is 3.07. The van der Waals surface area contributed by atoms with Crippen LogP contribution in [0.4, 0.5) is 0 Å². The molecule has 2 aromatic carbocycles. The molecule has 4 rings (SSSR count). The van der Waals surface area contributed by atoms with Crippen molar-refractivity contribution in [3.8, 4) is 0 Å². The first kappa shape index (κ1) is 18.6. The molecular weight excluding hydrogens is 396 g/mol. The average Bonchev–Trinajstić information content (AvgIpc) is 3.27. The minimum atomic E-state index is -1.46. The highest BCUT2D eigenvalue weighted by Crippen LogP contribution is 2.18. The number of nitrogens with zero attached hydrogens (tertiary/aromatic N) is 4. The first-order chi connectivity index (χ1) is 14.4. The van der Waals surface area contributed by atoms with Crippen molar-refractivity contribution in [2.24, 2.45) is 11.5 Å². The normalized spacial score (nSPS) is 10.8. The van der Waals surface area contributed by atoms with Gasteiger partial charge in [-0.05, 0) is 12.1 Å². The number of hydrogen-bond donors (Lipinski definition) is 2. The number of rotatable bonds is 4. The van der Waals surface area contributed by atoms with Gasteiger partial charge in [0.15, 0.2) is 11.4 Å². The van der Waals surface area contributed by atoms with Crippen molar-refractivity contribution in [1.29, 1.82) is 0 Å². The predicted molar refractivity (Wildman–Crippen MR) is 99.7 cm³/mol. The summed E-state index contributed by atoms with van der Waals surface area (Å²) in [5.74, 6) is -4.60. The van der Waals surface area contributed by atoms with E-state index in [4.69, 9.17) is 21.1 Å². The molecule has 4 N–H and O–H groups in total. The molecule has 150 valence electrons. The summed E-state index contributed by atoms with van der Waals surface area (Å²) in [5, 5.41) is 8.26. The number of benzene rings is 2. The summed E-state index contributed by atoms with van der Waals surface area (Å²) in [4.78, 5) is 58.7. The van der Waals surface area contributed by atoms with Crippen molar-refractivity contribution in [3.63, 3.8) is 0 Å².